The van der Waals surface area contributed by atoms with Crippen molar-refractivity contribution in [2.75, 3.05) is 12.3 Å². The zero-order valence-corrected chi connectivity index (χ0v) is 11.7. The minimum Gasteiger partial charge on any atom is -0.301 e. The molecule has 2 aromatic rings. The number of amides is 1. The highest BCUT2D eigenvalue weighted by Gasteiger charge is 2.18. The van der Waals surface area contributed by atoms with Crippen LogP contribution in [-0.2, 0) is 0 Å². The van der Waals surface area contributed by atoms with Gasteiger partial charge in [0.05, 0.1) is 24.0 Å². The first kappa shape index (κ1) is 12.9. The number of nitrogens with zero attached hydrogens (tertiary/aromatic N) is 4. The molecule has 0 radical (unpaired) electrons. The molecule has 3 rings (SSSR count). The summed E-state index contributed by atoms with van der Waals surface area (Å²) in [5.41, 5.74) is 1.29. The van der Waals surface area contributed by atoms with Gasteiger partial charge in [-0.3, -0.25) is 9.79 Å². The molecule has 20 heavy (non-hydrogen) atoms. The highest BCUT2D eigenvalue weighted by molar-refractivity contribution is 8.14. The van der Waals surface area contributed by atoms with Gasteiger partial charge in [-0.1, -0.05) is 17.8 Å². The van der Waals surface area contributed by atoms with Crippen molar-refractivity contribution >= 4 is 22.8 Å². The Morgan fingerprint density at radius 1 is 1.45 bits per heavy atom. The first-order chi connectivity index (χ1) is 9.75. The Kier molecular flexibility index (Phi) is 3.51. The van der Waals surface area contributed by atoms with Crippen LogP contribution in [0.3, 0.4) is 0 Å². The summed E-state index contributed by atoms with van der Waals surface area (Å²) in [6, 6.07) is 5.57. The number of thioether (sulfide) groups is 1. The molecule has 0 spiro atoms. The Bertz CT molecular complexity index is 665. The summed E-state index contributed by atoms with van der Waals surface area (Å²) in [4.78, 5) is 20.6. The fourth-order valence-corrected chi connectivity index (χ4v) is 2.64. The fourth-order valence-electron chi connectivity index (χ4n) is 1.92. The van der Waals surface area contributed by atoms with E-state index in [1.807, 2.05) is 25.1 Å². The van der Waals surface area contributed by atoms with Gasteiger partial charge in [0.25, 0.3) is 5.91 Å². The number of pyridine rings is 1. The summed E-state index contributed by atoms with van der Waals surface area (Å²) >= 11 is 1.55. The van der Waals surface area contributed by atoms with Crippen LogP contribution in [-0.4, -0.2) is 38.1 Å². The molecule has 3 heterocycles. The topological polar surface area (TPSA) is 72.2 Å². The zero-order chi connectivity index (χ0) is 13.9. The number of hydrogen-bond donors (Lipinski definition) is 1. The molecule has 2 aromatic heterocycles. The highest BCUT2D eigenvalue weighted by atomic mass is 32.2. The van der Waals surface area contributed by atoms with Crippen molar-refractivity contribution in [1.82, 2.24) is 20.1 Å². The molecule has 7 heteroatoms. The van der Waals surface area contributed by atoms with E-state index in [1.165, 1.54) is 0 Å². The maximum absolute atomic E-state index is 12.2. The van der Waals surface area contributed by atoms with Crippen molar-refractivity contribution in [1.29, 1.82) is 0 Å². The maximum Gasteiger partial charge on any atom is 0.260 e. The highest BCUT2D eigenvalue weighted by Crippen LogP contribution is 2.14. The minimum atomic E-state index is -0.183. The number of carbonyl (C=O) groups is 1. The van der Waals surface area contributed by atoms with Crippen molar-refractivity contribution in [3.05, 3.63) is 41.9 Å². The van der Waals surface area contributed by atoms with Gasteiger partial charge in [-0.2, -0.15) is 5.10 Å². The second kappa shape index (κ2) is 5.46. The maximum atomic E-state index is 12.2. The number of carbonyl (C=O) groups excluding carboxylic acids is 1. The number of nitrogens with one attached hydrogen (secondary N) is 1. The van der Waals surface area contributed by atoms with Gasteiger partial charge in [-0.25, -0.2) is 9.67 Å². The van der Waals surface area contributed by atoms with Crippen LogP contribution in [0.1, 0.15) is 16.1 Å². The van der Waals surface area contributed by atoms with Gasteiger partial charge >= 0.3 is 0 Å². The third kappa shape index (κ3) is 2.44. The second-order valence-corrected chi connectivity index (χ2v) is 5.32. The van der Waals surface area contributed by atoms with Crippen LogP contribution in [0.25, 0.3) is 5.82 Å². The molecule has 1 aliphatic rings. The van der Waals surface area contributed by atoms with Gasteiger partial charge in [0.15, 0.2) is 11.0 Å². The molecule has 1 N–H and O–H groups in total. The lowest BCUT2D eigenvalue weighted by Crippen LogP contribution is -2.27. The van der Waals surface area contributed by atoms with E-state index in [9.17, 15) is 4.79 Å². The summed E-state index contributed by atoms with van der Waals surface area (Å²) in [7, 11) is 0. The van der Waals surface area contributed by atoms with Crippen LogP contribution >= 0.6 is 11.8 Å². The summed E-state index contributed by atoms with van der Waals surface area (Å²) in [6.07, 6.45) is 3.25. The molecule has 1 aliphatic heterocycles. The molecule has 102 valence electrons. The Hall–Kier alpha value is -2.15. The third-order valence-electron chi connectivity index (χ3n) is 2.93. The van der Waals surface area contributed by atoms with Crippen molar-refractivity contribution in [2.45, 2.75) is 6.92 Å². The smallest absolute Gasteiger partial charge is 0.260 e. The van der Waals surface area contributed by atoms with Gasteiger partial charge in [-0.15, -0.1) is 0 Å². The Morgan fingerprint density at radius 3 is 3.05 bits per heavy atom. The first-order valence-corrected chi connectivity index (χ1v) is 7.19. The van der Waals surface area contributed by atoms with Crippen molar-refractivity contribution in [3.63, 3.8) is 0 Å². The van der Waals surface area contributed by atoms with Crippen LogP contribution < -0.4 is 5.32 Å². The molecule has 0 bridgehead atoms. The standard InChI is InChI=1S/C13H13N5OS/c1-9-10(12(19)17-13-15-6-7-20-13)8-16-18(9)11-4-2-3-5-14-11/h2-5,8H,6-7H2,1H3,(H,15,17,19). The van der Waals surface area contributed by atoms with E-state index >= 15 is 0 Å². The van der Waals surface area contributed by atoms with Crippen molar-refractivity contribution in [3.8, 4) is 5.82 Å². The Labute approximate surface area is 120 Å². The fraction of sp³-hybridized carbons (Fsp3) is 0.231. The van der Waals surface area contributed by atoms with E-state index in [4.69, 9.17) is 0 Å². The molecule has 0 atom stereocenters. The summed E-state index contributed by atoms with van der Waals surface area (Å²) in [5, 5.41) is 7.71. The van der Waals surface area contributed by atoms with E-state index in [0.717, 1.165) is 18.0 Å². The predicted octanol–water partition coefficient (Wildman–Crippen LogP) is 1.41. The number of aliphatic imine (C=N–C) groups is 1. The third-order valence-corrected chi connectivity index (χ3v) is 3.82. The lowest BCUT2D eigenvalue weighted by Gasteiger charge is -2.05. The molecule has 0 fully saturated rings. The molecule has 1 amide bonds. The van der Waals surface area contributed by atoms with Crippen LogP contribution in [0, 0.1) is 6.92 Å². The monoisotopic (exact) mass is 287 g/mol. The van der Waals surface area contributed by atoms with E-state index in [2.05, 4.69) is 20.4 Å². The molecule has 6 nitrogen and oxygen atoms in total. The minimum absolute atomic E-state index is 0.183. The van der Waals surface area contributed by atoms with E-state index in [0.29, 0.717) is 16.5 Å². The van der Waals surface area contributed by atoms with Crippen molar-refractivity contribution in [2.24, 2.45) is 4.99 Å². The molecule has 0 saturated carbocycles. The molecule has 0 unspecified atom stereocenters. The largest absolute Gasteiger partial charge is 0.301 e. The number of rotatable bonds is 2. The SMILES string of the molecule is Cc1c(C(=O)NC2=NCCS2)cnn1-c1ccccn1. The Morgan fingerprint density at radius 2 is 2.35 bits per heavy atom. The van der Waals surface area contributed by atoms with Crippen LogP contribution in [0.2, 0.25) is 0 Å². The molecular formula is C13H13N5OS. The van der Waals surface area contributed by atoms with Crippen LogP contribution in [0.4, 0.5) is 0 Å². The normalized spacial score (nSPS) is 14.2. The molecule has 0 saturated heterocycles. The summed E-state index contributed by atoms with van der Waals surface area (Å²) in [6.45, 7) is 2.60. The second-order valence-electron chi connectivity index (χ2n) is 4.23. The molecule has 0 aromatic carbocycles. The van der Waals surface area contributed by atoms with Gasteiger partial charge in [-0.05, 0) is 19.1 Å². The van der Waals surface area contributed by atoms with Gasteiger partial charge in [0.1, 0.15) is 0 Å². The quantitative estimate of drug-likeness (QED) is 0.906. The van der Waals surface area contributed by atoms with Crippen LogP contribution in [0.15, 0.2) is 35.6 Å². The van der Waals surface area contributed by atoms with E-state index < -0.39 is 0 Å². The number of aromatic nitrogens is 3. The number of hydrogen-bond acceptors (Lipinski definition) is 5. The molecule has 0 aliphatic carbocycles. The lowest BCUT2D eigenvalue weighted by molar-refractivity contribution is 0.0977. The average molecular weight is 287 g/mol. The van der Waals surface area contributed by atoms with Crippen LogP contribution in [0.5, 0.6) is 0 Å². The van der Waals surface area contributed by atoms with E-state index in [1.54, 1.807) is 28.8 Å². The van der Waals surface area contributed by atoms with Gasteiger partial charge in [0.2, 0.25) is 0 Å². The summed E-state index contributed by atoms with van der Waals surface area (Å²) < 4.78 is 1.65. The van der Waals surface area contributed by atoms with Gasteiger partial charge < -0.3 is 5.32 Å². The average Bonchev–Trinajstić information content (AvgIpc) is 3.09. The first-order valence-electron chi connectivity index (χ1n) is 6.20. The molecular weight excluding hydrogens is 274 g/mol. The lowest BCUT2D eigenvalue weighted by atomic mass is 10.2. The summed E-state index contributed by atoms with van der Waals surface area (Å²) in [5.74, 6) is 1.43. The Balaban J connectivity index is 1.85. The predicted molar refractivity (Wildman–Crippen MR) is 78.3 cm³/mol. The van der Waals surface area contributed by atoms with Gasteiger partial charge in [0, 0.05) is 11.9 Å². The zero-order valence-electron chi connectivity index (χ0n) is 10.9. The van der Waals surface area contributed by atoms with E-state index in [-0.39, 0.29) is 5.91 Å². The van der Waals surface area contributed by atoms with Crippen molar-refractivity contribution < 1.29 is 4.79 Å². The number of amidine groups is 1.